The molecule has 0 saturated carbocycles. The van der Waals surface area contributed by atoms with Crippen LogP contribution in [0.5, 0.6) is 0 Å². The Hall–Kier alpha value is -2.04. The molecule has 1 rings (SSSR count). The quantitative estimate of drug-likeness (QED) is 0.812. The Balaban J connectivity index is 2.85. The highest BCUT2D eigenvalue weighted by atomic mass is 16.4. The van der Waals surface area contributed by atoms with Gasteiger partial charge in [0.15, 0.2) is 0 Å². The summed E-state index contributed by atoms with van der Waals surface area (Å²) < 4.78 is 0. The van der Waals surface area contributed by atoms with Crippen LogP contribution in [0.2, 0.25) is 0 Å². The Morgan fingerprint density at radius 1 is 1.23 bits per heavy atom. The number of aryl methyl sites for hydroxylation is 1. The van der Waals surface area contributed by atoms with Gasteiger partial charge in [-0.3, -0.25) is 4.79 Å². The van der Waals surface area contributed by atoms with E-state index in [1.54, 1.807) is 4.90 Å². The van der Waals surface area contributed by atoms with Crippen molar-refractivity contribution >= 4 is 12.0 Å². The molecule has 1 aromatic carbocycles. The Bertz CT molecular complexity index is 514. The number of carbonyl (C=O) groups is 2. The summed E-state index contributed by atoms with van der Waals surface area (Å²) in [5.74, 6) is -0.584. The molecule has 0 bridgehead atoms. The third-order valence-electron chi connectivity index (χ3n) is 3.54. The number of benzene rings is 1. The number of carbonyl (C=O) groups excluding carboxylic acids is 1. The maximum atomic E-state index is 12.4. The molecule has 1 unspecified atom stereocenters. The van der Waals surface area contributed by atoms with Crippen molar-refractivity contribution in [3.8, 4) is 0 Å². The van der Waals surface area contributed by atoms with Crippen molar-refractivity contribution in [2.75, 3.05) is 13.1 Å². The molecule has 5 heteroatoms. The Kier molecular flexibility index (Phi) is 6.89. The van der Waals surface area contributed by atoms with E-state index in [1.807, 2.05) is 38.1 Å². The Morgan fingerprint density at radius 2 is 1.86 bits per heavy atom. The fraction of sp³-hybridized carbons (Fsp3) is 0.529. The minimum atomic E-state index is -0.914. The van der Waals surface area contributed by atoms with Gasteiger partial charge < -0.3 is 15.3 Å². The first-order valence-corrected chi connectivity index (χ1v) is 7.64. The van der Waals surface area contributed by atoms with E-state index in [4.69, 9.17) is 5.11 Å². The van der Waals surface area contributed by atoms with Crippen molar-refractivity contribution in [3.63, 3.8) is 0 Å². The van der Waals surface area contributed by atoms with Crippen LogP contribution in [0.25, 0.3) is 0 Å². The molecule has 2 N–H and O–H groups in total. The summed E-state index contributed by atoms with van der Waals surface area (Å²) in [6.45, 7) is 8.91. The maximum Gasteiger partial charge on any atom is 0.317 e. The van der Waals surface area contributed by atoms with Gasteiger partial charge in [0.2, 0.25) is 0 Å². The lowest BCUT2D eigenvalue weighted by Crippen LogP contribution is -2.44. The van der Waals surface area contributed by atoms with Gasteiger partial charge in [0.1, 0.15) is 0 Å². The van der Waals surface area contributed by atoms with Crippen molar-refractivity contribution in [3.05, 3.63) is 35.4 Å². The van der Waals surface area contributed by atoms with E-state index in [0.717, 1.165) is 11.1 Å². The number of aliphatic carboxylic acids is 1. The number of hydrogen-bond donors (Lipinski definition) is 2. The standard InChI is InChI=1S/C17H26N2O3/c1-12(2)11-19(17(22)18-10-9-16(20)21)14(4)15-8-6-5-7-13(15)3/h5-8,12,14H,9-11H2,1-4H3,(H,18,22)(H,20,21). The van der Waals surface area contributed by atoms with Crippen LogP contribution in [0.3, 0.4) is 0 Å². The van der Waals surface area contributed by atoms with Crippen LogP contribution in [0, 0.1) is 12.8 Å². The van der Waals surface area contributed by atoms with E-state index >= 15 is 0 Å². The van der Waals surface area contributed by atoms with E-state index in [2.05, 4.69) is 19.2 Å². The molecule has 0 heterocycles. The molecular formula is C17H26N2O3. The number of urea groups is 1. The van der Waals surface area contributed by atoms with Gasteiger partial charge in [0.05, 0.1) is 12.5 Å². The van der Waals surface area contributed by atoms with Gasteiger partial charge in [-0.25, -0.2) is 4.79 Å². The summed E-state index contributed by atoms with van der Waals surface area (Å²) in [7, 11) is 0. The fourth-order valence-corrected chi connectivity index (χ4v) is 2.41. The monoisotopic (exact) mass is 306 g/mol. The Morgan fingerprint density at radius 3 is 2.41 bits per heavy atom. The molecule has 0 aliphatic rings. The zero-order chi connectivity index (χ0) is 16.7. The van der Waals surface area contributed by atoms with Gasteiger partial charge in [-0.1, -0.05) is 38.1 Å². The summed E-state index contributed by atoms with van der Waals surface area (Å²) in [5, 5.41) is 11.4. The molecule has 122 valence electrons. The average molecular weight is 306 g/mol. The van der Waals surface area contributed by atoms with Crippen LogP contribution >= 0.6 is 0 Å². The van der Waals surface area contributed by atoms with Crippen LogP contribution < -0.4 is 5.32 Å². The maximum absolute atomic E-state index is 12.4. The highest BCUT2D eigenvalue weighted by Gasteiger charge is 2.23. The van der Waals surface area contributed by atoms with E-state index in [1.165, 1.54) is 0 Å². The highest BCUT2D eigenvalue weighted by Crippen LogP contribution is 2.24. The lowest BCUT2D eigenvalue weighted by Gasteiger charge is -2.32. The molecule has 2 amide bonds. The van der Waals surface area contributed by atoms with Crippen molar-refractivity contribution in [1.82, 2.24) is 10.2 Å². The molecule has 1 aromatic rings. The van der Waals surface area contributed by atoms with Crippen molar-refractivity contribution in [1.29, 1.82) is 0 Å². The highest BCUT2D eigenvalue weighted by molar-refractivity contribution is 5.75. The number of carboxylic acids is 1. The number of carboxylic acid groups (broad SMARTS) is 1. The third kappa shape index (κ3) is 5.39. The van der Waals surface area contributed by atoms with E-state index in [0.29, 0.717) is 12.5 Å². The first kappa shape index (κ1) is 18.0. The second-order valence-corrected chi connectivity index (χ2v) is 5.95. The second-order valence-electron chi connectivity index (χ2n) is 5.95. The lowest BCUT2D eigenvalue weighted by molar-refractivity contribution is -0.136. The molecule has 0 aromatic heterocycles. The molecular weight excluding hydrogens is 280 g/mol. The fourth-order valence-electron chi connectivity index (χ4n) is 2.41. The summed E-state index contributed by atoms with van der Waals surface area (Å²) >= 11 is 0. The largest absolute Gasteiger partial charge is 0.481 e. The van der Waals surface area contributed by atoms with Crippen LogP contribution in [0.15, 0.2) is 24.3 Å². The predicted octanol–water partition coefficient (Wildman–Crippen LogP) is 3.20. The van der Waals surface area contributed by atoms with E-state index < -0.39 is 5.97 Å². The number of amides is 2. The average Bonchev–Trinajstić information content (AvgIpc) is 2.44. The van der Waals surface area contributed by atoms with Crippen LogP contribution in [0.1, 0.15) is 44.4 Å². The van der Waals surface area contributed by atoms with E-state index in [9.17, 15) is 9.59 Å². The van der Waals surface area contributed by atoms with E-state index in [-0.39, 0.29) is 25.0 Å². The Labute approximate surface area is 132 Å². The normalized spacial score (nSPS) is 12.0. The minimum Gasteiger partial charge on any atom is -0.481 e. The van der Waals surface area contributed by atoms with Crippen molar-refractivity contribution < 1.29 is 14.7 Å². The van der Waals surface area contributed by atoms with Crippen LogP contribution in [0.4, 0.5) is 4.79 Å². The minimum absolute atomic E-state index is 0.0616. The van der Waals surface area contributed by atoms with Gasteiger partial charge in [0.25, 0.3) is 0 Å². The van der Waals surface area contributed by atoms with Gasteiger partial charge in [0, 0.05) is 13.1 Å². The molecule has 0 aliphatic heterocycles. The van der Waals surface area contributed by atoms with Crippen LogP contribution in [-0.2, 0) is 4.79 Å². The zero-order valence-electron chi connectivity index (χ0n) is 13.8. The molecule has 0 radical (unpaired) electrons. The number of rotatable bonds is 7. The molecule has 0 saturated heterocycles. The first-order valence-electron chi connectivity index (χ1n) is 7.64. The molecule has 1 atom stereocenters. The molecule has 5 nitrogen and oxygen atoms in total. The zero-order valence-corrected chi connectivity index (χ0v) is 13.8. The van der Waals surface area contributed by atoms with Gasteiger partial charge >= 0.3 is 12.0 Å². The first-order chi connectivity index (χ1) is 10.3. The van der Waals surface area contributed by atoms with Gasteiger partial charge in [-0.05, 0) is 30.9 Å². The molecule has 0 fully saturated rings. The summed E-state index contributed by atoms with van der Waals surface area (Å²) in [6.07, 6.45) is -0.0694. The van der Waals surface area contributed by atoms with Crippen molar-refractivity contribution in [2.45, 2.75) is 40.2 Å². The molecule has 22 heavy (non-hydrogen) atoms. The molecule has 0 spiro atoms. The van der Waals surface area contributed by atoms with Crippen molar-refractivity contribution in [2.24, 2.45) is 5.92 Å². The topological polar surface area (TPSA) is 69.6 Å². The number of hydrogen-bond acceptors (Lipinski definition) is 2. The summed E-state index contributed by atoms with van der Waals surface area (Å²) in [5.41, 5.74) is 2.25. The van der Waals surface area contributed by atoms with Gasteiger partial charge in [-0.2, -0.15) is 0 Å². The number of nitrogens with zero attached hydrogens (tertiary/aromatic N) is 1. The summed E-state index contributed by atoms with van der Waals surface area (Å²) in [4.78, 5) is 24.7. The lowest BCUT2D eigenvalue weighted by atomic mass is 10.0. The smallest absolute Gasteiger partial charge is 0.317 e. The number of nitrogens with one attached hydrogen (secondary N) is 1. The van der Waals surface area contributed by atoms with Gasteiger partial charge in [-0.15, -0.1) is 0 Å². The summed E-state index contributed by atoms with van der Waals surface area (Å²) in [6, 6.07) is 7.72. The predicted molar refractivity (Wildman–Crippen MR) is 86.8 cm³/mol. The molecule has 0 aliphatic carbocycles. The second kappa shape index (κ2) is 8.41. The van der Waals surface area contributed by atoms with Crippen LogP contribution in [-0.4, -0.2) is 35.1 Å². The SMILES string of the molecule is Cc1ccccc1C(C)N(CC(C)C)C(=O)NCCC(=O)O. The third-order valence-corrected chi connectivity index (χ3v) is 3.54.